The lowest BCUT2D eigenvalue weighted by atomic mass is 9.96. The topological polar surface area (TPSA) is 49.4 Å². The van der Waals surface area contributed by atoms with Crippen molar-refractivity contribution in [3.05, 3.63) is 29.8 Å². The number of piperazine rings is 1. The van der Waals surface area contributed by atoms with E-state index in [-0.39, 0.29) is 24.3 Å². The molecule has 0 aliphatic carbocycles. The minimum Gasteiger partial charge on any atom is -0.342 e. The van der Waals surface area contributed by atoms with Crippen molar-refractivity contribution in [2.24, 2.45) is 5.92 Å². The highest BCUT2D eigenvalue weighted by Crippen LogP contribution is 2.21. The Balaban J connectivity index is 2.27. The standard InChI is InChI=1S/C15H20N2O2/c1-4-11(3)14-15(19)17(9-13(18)16-14)12-7-5-10(2)6-8-12/h5-8,11,14H,4,9H2,1-3H3,(H,16,18). The van der Waals surface area contributed by atoms with Gasteiger partial charge in [-0.3, -0.25) is 9.59 Å². The molecular formula is C15H20N2O2. The van der Waals surface area contributed by atoms with Gasteiger partial charge in [0, 0.05) is 5.69 Å². The molecule has 2 unspecified atom stereocenters. The molecule has 1 N–H and O–H groups in total. The van der Waals surface area contributed by atoms with E-state index in [1.165, 1.54) is 0 Å². The summed E-state index contributed by atoms with van der Waals surface area (Å²) in [5.41, 5.74) is 1.93. The normalized spacial score (nSPS) is 21.2. The minimum absolute atomic E-state index is 0.0159. The zero-order chi connectivity index (χ0) is 14.0. The minimum atomic E-state index is -0.410. The highest BCUT2D eigenvalue weighted by atomic mass is 16.2. The molecule has 1 aliphatic heterocycles. The molecule has 1 heterocycles. The average molecular weight is 260 g/mol. The summed E-state index contributed by atoms with van der Waals surface area (Å²) in [7, 11) is 0. The zero-order valence-corrected chi connectivity index (χ0v) is 11.6. The molecule has 19 heavy (non-hydrogen) atoms. The number of nitrogens with zero attached hydrogens (tertiary/aromatic N) is 1. The Morgan fingerprint density at radius 3 is 2.53 bits per heavy atom. The second-order valence-electron chi connectivity index (χ2n) is 5.19. The first-order valence-corrected chi connectivity index (χ1v) is 6.70. The third kappa shape index (κ3) is 2.78. The predicted octanol–water partition coefficient (Wildman–Crippen LogP) is 1.87. The van der Waals surface area contributed by atoms with Gasteiger partial charge in [-0.2, -0.15) is 0 Å². The summed E-state index contributed by atoms with van der Waals surface area (Å²) in [6.45, 7) is 6.11. The monoisotopic (exact) mass is 260 g/mol. The summed E-state index contributed by atoms with van der Waals surface area (Å²) in [6, 6.07) is 7.27. The van der Waals surface area contributed by atoms with Crippen molar-refractivity contribution in [3.63, 3.8) is 0 Å². The van der Waals surface area contributed by atoms with Crippen LogP contribution in [0.5, 0.6) is 0 Å². The molecule has 0 saturated carbocycles. The Hall–Kier alpha value is -1.84. The number of carbonyl (C=O) groups is 2. The molecular weight excluding hydrogens is 240 g/mol. The van der Waals surface area contributed by atoms with Crippen LogP contribution in [0.4, 0.5) is 5.69 Å². The molecule has 1 aliphatic rings. The number of aryl methyl sites for hydroxylation is 1. The number of amides is 2. The van der Waals surface area contributed by atoms with Crippen LogP contribution < -0.4 is 10.2 Å². The second-order valence-corrected chi connectivity index (χ2v) is 5.19. The molecule has 1 aromatic carbocycles. The number of benzene rings is 1. The highest BCUT2D eigenvalue weighted by Gasteiger charge is 2.35. The summed E-state index contributed by atoms with van der Waals surface area (Å²) in [5.74, 6) is 0.0352. The van der Waals surface area contributed by atoms with Crippen molar-refractivity contribution in [1.82, 2.24) is 5.32 Å². The Bertz CT molecular complexity index is 481. The van der Waals surface area contributed by atoms with E-state index in [0.717, 1.165) is 17.7 Å². The number of carbonyl (C=O) groups excluding carboxylic acids is 2. The summed E-state index contributed by atoms with van der Waals surface area (Å²) in [5, 5.41) is 2.80. The van der Waals surface area contributed by atoms with Gasteiger partial charge in [0.25, 0.3) is 0 Å². The van der Waals surface area contributed by atoms with Crippen molar-refractivity contribution < 1.29 is 9.59 Å². The molecule has 0 bridgehead atoms. The van der Waals surface area contributed by atoms with Gasteiger partial charge in [0.05, 0.1) is 0 Å². The fourth-order valence-corrected chi connectivity index (χ4v) is 2.23. The molecule has 102 valence electrons. The van der Waals surface area contributed by atoms with Crippen LogP contribution in [0, 0.1) is 12.8 Å². The summed E-state index contributed by atoms with van der Waals surface area (Å²) < 4.78 is 0. The van der Waals surface area contributed by atoms with Crippen molar-refractivity contribution in [3.8, 4) is 0 Å². The maximum absolute atomic E-state index is 12.5. The molecule has 0 aromatic heterocycles. The van der Waals surface area contributed by atoms with Gasteiger partial charge in [-0.15, -0.1) is 0 Å². The number of hydrogen-bond donors (Lipinski definition) is 1. The lowest BCUT2D eigenvalue weighted by Gasteiger charge is -2.35. The third-order valence-electron chi connectivity index (χ3n) is 3.71. The van der Waals surface area contributed by atoms with E-state index in [0.29, 0.717) is 0 Å². The maximum Gasteiger partial charge on any atom is 0.250 e. The maximum atomic E-state index is 12.5. The number of rotatable bonds is 3. The molecule has 4 heteroatoms. The third-order valence-corrected chi connectivity index (χ3v) is 3.71. The SMILES string of the molecule is CCC(C)C1NC(=O)CN(c2ccc(C)cc2)C1=O. The van der Waals surface area contributed by atoms with Crippen LogP contribution >= 0.6 is 0 Å². The quantitative estimate of drug-likeness (QED) is 0.902. The second kappa shape index (κ2) is 5.43. The van der Waals surface area contributed by atoms with Gasteiger partial charge < -0.3 is 10.2 Å². The van der Waals surface area contributed by atoms with E-state index >= 15 is 0 Å². The molecule has 1 aromatic rings. The van der Waals surface area contributed by atoms with Gasteiger partial charge in [-0.25, -0.2) is 0 Å². The van der Waals surface area contributed by atoms with Crippen molar-refractivity contribution in [1.29, 1.82) is 0 Å². The van der Waals surface area contributed by atoms with E-state index < -0.39 is 6.04 Å². The van der Waals surface area contributed by atoms with Crippen LogP contribution in [0.15, 0.2) is 24.3 Å². The van der Waals surface area contributed by atoms with Crippen LogP contribution in [-0.2, 0) is 9.59 Å². The number of nitrogens with one attached hydrogen (secondary N) is 1. The zero-order valence-electron chi connectivity index (χ0n) is 11.6. The summed E-state index contributed by atoms with van der Waals surface area (Å²) in [6.07, 6.45) is 0.860. The molecule has 2 atom stereocenters. The van der Waals surface area contributed by atoms with Gasteiger partial charge in [-0.05, 0) is 25.0 Å². The molecule has 4 nitrogen and oxygen atoms in total. The van der Waals surface area contributed by atoms with Gasteiger partial charge in [-0.1, -0.05) is 38.0 Å². The van der Waals surface area contributed by atoms with Crippen molar-refractivity contribution in [2.45, 2.75) is 33.2 Å². The fourth-order valence-electron chi connectivity index (χ4n) is 2.23. The van der Waals surface area contributed by atoms with Gasteiger partial charge in [0.2, 0.25) is 11.8 Å². The molecule has 2 amide bonds. The molecule has 0 radical (unpaired) electrons. The van der Waals surface area contributed by atoms with Gasteiger partial charge in [0.15, 0.2) is 0 Å². The Kier molecular flexibility index (Phi) is 3.88. The summed E-state index contributed by atoms with van der Waals surface area (Å²) in [4.78, 5) is 25.8. The van der Waals surface area contributed by atoms with Crippen molar-refractivity contribution >= 4 is 17.5 Å². The van der Waals surface area contributed by atoms with E-state index in [9.17, 15) is 9.59 Å². The van der Waals surface area contributed by atoms with E-state index in [4.69, 9.17) is 0 Å². The Labute approximate surface area is 113 Å². The van der Waals surface area contributed by atoms with Gasteiger partial charge >= 0.3 is 0 Å². The first-order valence-electron chi connectivity index (χ1n) is 6.70. The summed E-state index contributed by atoms with van der Waals surface area (Å²) >= 11 is 0. The van der Waals surface area contributed by atoms with Crippen LogP contribution in [0.1, 0.15) is 25.8 Å². The largest absolute Gasteiger partial charge is 0.342 e. The van der Waals surface area contributed by atoms with Crippen molar-refractivity contribution in [2.75, 3.05) is 11.4 Å². The number of hydrogen-bond acceptors (Lipinski definition) is 2. The molecule has 1 fully saturated rings. The van der Waals surface area contributed by atoms with Crippen LogP contribution in [-0.4, -0.2) is 24.4 Å². The Morgan fingerprint density at radius 1 is 1.32 bits per heavy atom. The molecule has 1 saturated heterocycles. The molecule has 2 rings (SSSR count). The predicted molar refractivity (Wildman–Crippen MR) is 74.9 cm³/mol. The van der Waals surface area contributed by atoms with E-state index in [1.807, 2.05) is 45.0 Å². The first-order chi connectivity index (χ1) is 9.02. The van der Waals surface area contributed by atoms with E-state index in [1.54, 1.807) is 4.90 Å². The first kappa shape index (κ1) is 13.6. The van der Waals surface area contributed by atoms with Crippen LogP contribution in [0.2, 0.25) is 0 Å². The Morgan fingerprint density at radius 2 is 1.95 bits per heavy atom. The highest BCUT2D eigenvalue weighted by molar-refractivity contribution is 6.06. The van der Waals surface area contributed by atoms with E-state index in [2.05, 4.69) is 5.32 Å². The lowest BCUT2D eigenvalue weighted by molar-refractivity contribution is -0.132. The average Bonchev–Trinajstić information content (AvgIpc) is 2.41. The van der Waals surface area contributed by atoms with Crippen LogP contribution in [0.25, 0.3) is 0 Å². The smallest absolute Gasteiger partial charge is 0.250 e. The fraction of sp³-hybridized carbons (Fsp3) is 0.467. The van der Waals surface area contributed by atoms with Gasteiger partial charge in [0.1, 0.15) is 12.6 Å². The van der Waals surface area contributed by atoms with Crippen LogP contribution in [0.3, 0.4) is 0 Å². The number of anilines is 1. The lowest BCUT2D eigenvalue weighted by Crippen LogP contribution is -2.60. The molecule has 0 spiro atoms.